The van der Waals surface area contributed by atoms with E-state index in [1.807, 2.05) is 6.92 Å². The summed E-state index contributed by atoms with van der Waals surface area (Å²) in [6.07, 6.45) is 17.5. The summed E-state index contributed by atoms with van der Waals surface area (Å²) in [5, 5.41) is 0. The first-order valence-corrected chi connectivity index (χ1v) is 12.1. The molecule has 4 heteroatoms. The van der Waals surface area contributed by atoms with Crippen molar-refractivity contribution in [2.45, 2.75) is 128 Å². The minimum Gasteiger partial charge on any atom is -0.465 e. The Morgan fingerprint density at radius 2 is 1.50 bits per heavy atom. The fourth-order valence-corrected chi connectivity index (χ4v) is 4.55. The van der Waals surface area contributed by atoms with Crippen LogP contribution >= 0.6 is 0 Å². The largest absolute Gasteiger partial charge is 0.465 e. The molecule has 2 rings (SSSR count). The van der Waals surface area contributed by atoms with E-state index in [1.54, 1.807) is 0 Å². The number of ether oxygens (including phenoxy) is 3. The highest BCUT2D eigenvalue weighted by atomic mass is 16.6. The number of hydrogen-bond donors (Lipinski definition) is 0. The third-order valence-corrected chi connectivity index (χ3v) is 6.48. The summed E-state index contributed by atoms with van der Waals surface area (Å²) in [4.78, 5) is 12.5. The fourth-order valence-electron chi connectivity index (χ4n) is 4.55. The van der Waals surface area contributed by atoms with E-state index < -0.39 is 0 Å². The number of carbonyl (C=O) groups is 1. The Bertz CT molecular complexity index is 438. The van der Waals surface area contributed by atoms with Crippen LogP contribution in [0.15, 0.2) is 0 Å². The summed E-state index contributed by atoms with van der Waals surface area (Å²) in [5.41, 5.74) is -0.0634. The molecule has 4 unspecified atom stereocenters. The Balaban J connectivity index is 1.44. The Labute approximate surface area is 173 Å². The molecule has 0 aromatic heterocycles. The number of hydrogen-bond acceptors (Lipinski definition) is 4. The van der Waals surface area contributed by atoms with Gasteiger partial charge in [-0.1, -0.05) is 77.6 Å². The SMILES string of the molecule is CCCCCCCCCCCCCCOC(=O)C1CC2OC2(C)CC1OCC. The molecule has 0 amide bonds. The zero-order valence-electron chi connectivity index (χ0n) is 18.7. The maximum Gasteiger partial charge on any atom is 0.311 e. The molecule has 0 spiro atoms. The monoisotopic (exact) mass is 396 g/mol. The highest BCUT2D eigenvalue weighted by Gasteiger charge is 2.60. The van der Waals surface area contributed by atoms with Gasteiger partial charge in [-0.3, -0.25) is 4.79 Å². The Morgan fingerprint density at radius 3 is 2.07 bits per heavy atom. The van der Waals surface area contributed by atoms with Crippen molar-refractivity contribution in [3.8, 4) is 0 Å². The number of rotatable bonds is 16. The second-order valence-corrected chi connectivity index (χ2v) is 9.02. The van der Waals surface area contributed by atoms with Gasteiger partial charge in [-0.2, -0.15) is 0 Å². The topological polar surface area (TPSA) is 48.1 Å². The predicted molar refractivity (Wildman–Crippen MR) is 113 cm³/mol. The smallest absolute Gasteiger partial charge is 0.311 e. The lowest BCUT2D eigenvalue weighted by molar-refractivity contribution is -0.156. The van der Waals surface area contributed by atoms with E-state index >= 15 is 0 Å². The van der Waals surface area contributed by atoms with Gasteiger partial charge < -0.3 is 14.2 Å². The van der Waals surface area contributed by atoms with Crippen molar-refractivity contribution in [1.29, 1.82) is 0 Å². The van der Waals surface area contributed by atoms with Crippen LogP contribution in [0.3, 0.4) is 0 Å². The summed E-state index contributed by atoms with van der Waals surface area (Å²) in [5.74, 6) is -0.239. The van der Waals surface area contributed by atoms with E-state index in [0.717, 1.165) is 25.7 Å². The van der Waals surface area contributed by atoms with Crippen LogP contribution in [0.5, 0.6) is 0 Å². The lowest BCUT2D eigenvalue weighted by Gasteiger charge is -2.30. The van der Waals surface area contributed by atoms with Gasteiger partial charge in [0, 0.05) is 13.0 Å². The lowest BCUT2D eigenvalue weighted by atomic mass is 9.80. The number of fused-ring (bicyclic) bond motifs is 1. The van der Waals surface area contributed by atoms with Crippen molar-refractivity contribution in [3.63, 3.8) is 0 Å². The van der Waals surface area contributed by atoms with Crippen LogP contribution in [0.25, 0.3) is 0 Å². The molecule has 0 radical (unpaired) electrons. The summed E-state index contributed by atoms with van der Waals surface area (Å²) < 4.78 is 17.1. The molecule has 1 aliphatic carbocycles. The van der Waals surface area contributed by atoms with E-state index in [-0.39, 0.29) is 29.7 Å². The highest BCUT2D eigenvalue weighted by Crippen LogP contribution is 2.50. The Kier molecular flexibility index (Phi) is 10.9. The van der Waals surface area contributed by atoms with Crippen molar-refractivity contribution in [3.05, 3.63) is 0 Å². The van der Waals surface area contributed by atoms with Gasteiger partial charge in [0.15, 0.2) is 0 Å². The second kappa shape index (κ2) is 12.8. The van der Waals surface area contributed by atoms with E-state index in [4.69, 9.17) is 14.2 Å². The van der Waals surface area contributed by atoms with Gasteiger partial charge in [0.2, 0.25) is 0 Å². The first-order chi connectivity index (χ1) is 13.6. The first kappa shape index (κ1) is 23.7. The van der Waals surface area contributed by atoms with Gasteiger partial charge in [0.25, 0.3) is 0 Å². The summed E-state index contributed by atoms with van der Waals surface area (Å²) >= 11 is 0. The van der Waals surface area contributed by atoms with E-state index in [0.29, 0.717) is 13.2 Å². The van der Waals surface area contributed by atoms with Gasteiger partial charge in [-0.15, -0.1) is 0 Å². The van der Waals surface area contributed by atoms with Crippen LogP contribution in [-0.2, 0) is 19.0 Å². The molecular weight excluding hydrogens is 352 g/mol. The summed E-state index contributed by atoms with van der Waals surface area (Å²) in [6.45, 7) is 7.56. The number of carbonyl (C=O) groups excluding carboxylic acids is 1. The van der Waals surface area contributed by atoms with Crippen molar-refractivity contribution in [1.82, 2.24) is 0 Å². The van der Waals surface area contributed by atoms with Gasteiger partial charge in [0.1, 0.15) is 0 Å². The Hall–Kier alpha value is -0.610. The molecule has 4 atom stereocenters. The van der Waals surface area contributed by atoms with Crippen LogP contribution in [0, 0.1) is 5.92 Å². The van der Waals surface area contributed by atoms with Gasteiger partial charge >= 0.3 is 5.97 Å². The molecule has 4 nitrogen and oxygen atoms in total. The molecular formula is C24H44O4. The first-order valence-electron chi connectivity index (χ1n) is 12.1. The minimum atomic E-state index is -0.155. The molecule has 0 aromatic carbocycles. The third kappa shape index (κ3) is 8.02. The van der Waals surface area contributed by atoms with Gasteiger partial charge in [-0.05, 0) is 26.7 Å². The van der Waals surface area contributed by atoms with Crippen LogP contribution in [0.1, 0.15) is 111 Å². The number of esters is 1. The third-order valence-electron chi connectivity index (χ3n) is 6.48. The van der Waals surface area contributed by atoms with Crippen molar-refractivity contribution in [2.24, 2.45) is 5.92 Å². The zero-order chi connectivity index (χ0) is 20.2. The van der Waals surface area contributed by atoms with Crippen LogP contribution in [0.2, 0.25) is 0 Å². The minimum absolute atomic E-state index is 0.0526. The van der Waals surface area contributed by atoms with E-state index in [1.165, 1.54) is 64.2 Å². The molecule has 164 valence electrons. The van der Waals surface area contributed by atoms with Crippen LogP contribution in [0.4, 0.5) is 0 Å². The molecule has 28 heavy (non-hydrogen) atoms. The van der Waals surface area contributed by atoms with Gasteiger partial charge in [-0.25, -0.2) is 0 Å². The molecule has 1 heterocycles. The molecule has 0 bridgehead atoms. The van der Waals surface area contributed by atoms with Crippen LogP contribution in [-0.4, -0.2) is 37.0 Å². The average Bonchev–Trinajstić information content (AvgIpc) is 3.34. The molecule has 2 aliphatic rings. The molecule has 1 saturated carbocycles. The Morgan fingerprint density at radius 1 is 0.929 bits per heavy atom. The van der Waals surface area contributed by atoms with E-state index in [9.17, 15) is 4.79 Å². The van der Waals surface area contributed by atoms with Crippen molar-refractivity contribution in [2.75, 3.05) is 13.2 Å². The van der Waals surface area contributed by atoms with Crippen LogP contribution < -0.4 is 0 Å². The molecule has 1 aliphatic heterocycles. The average molecular weight is 397 g/mol. The summed E-state index contributed by atoms with van der Waals surface area (Å²) in [6, 6.07) is 0. The van der Waals surface area contributed by atoms with Crippen molar-refractivity contribution < 1.29 is 19.0 Å². The quantitative estimate of drug-likeness (QED) is 0.177. The zero-order valence-corrected chi connectivity index (χ0v) is 18.7. The molecule has 0 aromatic rings. The maximum absolute atomic E-state index is 12.5. The number of unbranched alkanes of at least 4 members (excludes halogenated alkanes) is 11. The standard InChI is InChI=1S/C24H44O4/c1-4-6-7-8-9-10-11-12-13-14-15-16-17-27-23(25)20-18-22-24(3,28-22)19-21(20)26-5-2/h20-22H,4-19H2,1-3H3. The van der Waals surface area contributed by atoms with Crippen molar-refractivity contribution >= 4 is 5.97 Å². The second-order valence-electron chi connectivity index (χ2n) is 9.02. The number of epoxide rings is 1. The highest BCUT2D eigenvalue weighted by molar-refractivity contribution is 5.73. The van der Waals surface area contributed by atoms with E-state index in [2.05, 4.69) is 13.8 Å². The lowest BCUT2D eigenvalue weighted by Crippen LogP contribution is -2.41. The maximum atomic E-state index is 12.5. The molecule has 2 fully saturated rings. The fraction of sp³-hybridized carbons (Fsp3) is 0.958. The molecule has 0 N–H and O–H groups in total. The predicted octanol–water partition coefficient (Wildman–Crippen LogP) is 6.20. The van der Waals surface area contributed by atoms with Gasteiger partial charge in [0.05, 0.1) is 30.3 Å². The normalized spacial score (nSPS) is 28.8. The summed E-state index contributed by atoms with van der Waals surface area (Å²) in [7, 11) is 0. The molecule has 1 saturated heterocycles.